The fourth-order valence-corrected chi connectivity index (χ4v) is 5.14. The monoisotopic (exact) mass is 496 g/mol. The van der Waals surface area contributed by atoms with Crippen LogP contribution in [-0.2, 0) is 0 Å². The van der Waals surface area contributed by atoms with Gasteiger partial charge in [0.1, 0.15) is 17.2 Å². The summed E-state index contributed by atoms with van der Waals surface area (Å²) >= 11 is 0. The highest BCUT2D eigenvalue weighted by Crippen LogP contribution is 2.43. The van der Waals surface area contributed by atoms with E-state index in [1.807, 2.05) is 0 Å². The maximum Gasteiger partial charge on any atom is 0.737 e. The van der Waals surface area contributed by atoms with E-state index < -0.39 is 6.97 Å². The van der Waals surface area contributed by atoms with Crippen LogP contribution in [0.1, 0.15) is 16.8 Å². The molecule has 1 aromatic heterocycles. The first-order chi connectivity index (χ1) is 17.9. The molecule has 0 bridgehead atoms. The molecule has 0 fully saturated rings. The third kappa shape index (κ3) is 3.56. The van der Waals surface area contributed by atoms with Gasteiger partial charge < -0.3 is 32.2 Å². The number of aromatic hydroxyl groups is 1. The minimum Gasteiger partial charge on any atom is -0.508 e. The Kier molecular flexibility index (Phi) is 5.26. The summed E-state index contributed by atoms with van der Waals surface area (Å²) in [6.45, 7) is -4.27. The van der Waals surface area contributed by atoms with Crippen LogP contribution < -0.4 is 9.47 Å². The second-order valence-corrected chi connectivity index (χ2v) is 8.91. The Morgan fingerprint density at radius 2 is 1.22 bits per heavy atom. The van der Waals surface area contributed by atoms with Gasteiger partial charge in [0, 0.05) is 29.1 Å². The molecule has 0 aliphatic carbocycles. The quantitative estimate of drug-likeness (QED) is 0.348. The lowest BCUT2D eigenvalue weighted by Gasteiger charge is -2.33. The summed E-state index contributed by atoms with van der Waals surface area (Å²) in [5.74, 6) is 1.41. The second-order valence-electron chi connectivity index (χ2n) is 8.91. The third-order valence-electron chi connectivity index (χ3n) is 6.90. The normalized spacial score (nSPS) is 15.6. The zero-order chi connectivity index (χ0) is 25.7. The fourth-order valence-electron chi connectivity index (χ4n) is 5.14. The van der Waals surface area contributed by atoms with Crippen molar-refractivity contribution in [3.05, 3.63) is 120 Å². The minimum absolute atomic E-state index is 0.110. The largest absolute Gasteiger partial charge is 0.737 e. The van der Waals surface area contributed by atoms with Gasteiger partial charge in [0.05, 0.1) is 19.8 Å². The zero-order valence-electron chi connectivity index (χ0n) is 20.2. The molecule has 6 rings (SSSR count). The summed E-state index contributed by atoms with van der Waals surface area (Å²) in [4.78, 5) is 0. The van der Waals surface area contributed by atoms with Crippen molar-refractivity contribution in [3.8, 4) is 28.5 Å². The standard InChI is InChI=1S/C29H23BF2N2O3/c1-36-23-11-5-19(6-12-23)25-15-17-27-29(21-3-9-22(35)10-4-21)28-18-16-26(34(28)30(31,32)33(25)27)20-7-13-24(37-2)14-8-20/h3-18,35H,1-2H3. The molecule has 0 unspecified atom stereocenters. The predicted molar refractivity (Wildman–Crippen MR) is 140 cm³/mol. The van der Waals surface area contributed by atoms with Crippen LogP contribution in [0.4, 0.5) is 8.63 Å². The summed E-state index contributed by atoms with van der Waals surface area (Å²) in [6.07, 6.45) is 3.47. The van der Waals surface area contributed by atoms with Gasteiger partial charge >= 0.3 is 6.97 Å². The van der Waals surface area contributed by atoms with Crippen molar-refractivity contribution in [1.82, 2.24) is 4.48 Å². The zero-order valence-corrected chi connectivity index (χ0v) is 20.2. The van der Waals surface area contributed by atoms with Gasteiger partial charge in [0.2, 0.25) is 0 Å². The first-order valence-electron chi connectivity index (χ1n) is 11.8. The molecule has 0 spiro atoms. The smallest absolute Gasteiger partial charge is 0.508 e. The number of rotatable bonds is 5. The van der Waals surface area contributed by atoms with Crippen molar-refractivity contribution in [3.63, 3.8) is 0 Å². The molecule has 0 amide bonds. The van der Waals surface area contributed by atoms with Crippen molar-refractivity contribution >= 4 is 18.3 Å². The summed E-state index contributed by atoms with van der Waals surface area (Å²) in [7, 11) is 3.14. The Morgan fingerprint density at radius 3 is 1.81 bits per heavy atom. The van der Waals surface area contributed by atoms with Crippen molar-refractivity contribution in [2.24, 2.45) is 0 Å². The average molecular weight is 496 g/mol. The lowest BCUT2D eigenvalue weighted by atomic mass is 9.85. The van der Waals surface area contributed by atoms with Crippen LogP contribution in [0.15, 0.2) is 103 Å². The molecule has 2 aliphatic rings. The Labute approximate surface area is 212 Å². The molecule has 184 valence electrons. The van der Waals surface area contributed by atoms with Gasteiger partial charge in [0.15, 0.2) is 11.4 Å². The third-order valence-corrected chi connectivity index (χ3v) is 6.90. The first kappa shape index (κ1) is 22.9. The number of phenols is 1. The van der Waals surface area contributed by atoms with Crippen LogP contribution in [0, 0.1) is 0 Å². The highest BCUT2D eigenvalue weighted by atomic mass is 19.2. The topological polar surface area (TPSA) is 46.6 Å². The van der Waals surface area contributed by atoms with Crippen LogP contribution >= 0.6 is 0 Å². The Balaban J connectivity index is 1.63. The van der Waals surface area contributed by atoms with Crippen LogP contribution in [-0.4, -0.2) is 41.0 Å². The van der Waals surface area contributed by atoms with Gasteiger partial charge in [-0.15, -0.1) is 0 Å². The van der Waals surface area contributed by atoms with E-state index in [1.165, 1.54) is 0 Å². The molecular formula is C29H23BF2N2O3. The molecule has 37 heavy (non-hydrogen) atoms. The van der Waals surface area contributed by atoms with E-state index in [9.17, 15) is 5.11 Å². The van der Waals surface area contributed by atoms with Crippen molar-refractivity contribution in [2.75, 3.05) is 14.2 Å². The summed E-state index contributed by atoms with van der Waals surface area (Å²) < 4.78 is 46.1. The van der Waals surface area contributed by atoms with Crippen LogP contribution in [0.2, 0.25) is 0 Å². The number of hydrogen-bond acceptors (Lipinski definition) is 3. The Morgan fingerprint density at radius 1 is 0.676 bits per heavy atom. The lowest BCUT2D eigenvalue weighted by Crippen LogP contribution is -2.51. The van der Waals surface area contributed by atoms with E-state index >= 15 is 8.63 Å². The van der Waals surface area contributed by atoms with Crippen LogP contribution in [0.3, 0.4) is 0 Å². The van der Waals surface area contributed by atoms with E-state index in [1.54, 1.807) is 111 Å². The second kappa shape index (κ2) is 8.52. The highest BCUT2D eigenvalue weighted by molar-refractivity contribution is 6.59. The first-order valence-corrected chi connectivity index (χ1v) is 11.8. The summed E-state index contributed by atoms with van der Waals surface area (Å²) in [5.41, 5.74) is 4.32. The number of hydrogen-bond donors (Lipinski definition) is 1. The number of fused-ring (bicyclic) bond motifs is 2. The number of ether oxygens (including phenoxy) is 2. The fraction of sp³-hybridized carbons (Fsp3) is 0.0690. The molecule has 0 saturated carbocycles. The summed E-state index contributed by atoms with van der Waals surface area (Å²) in [5, 5.41) is 9.86. The summed E-state index contributed by atoms with van der Waals surface area (Å²) in [6, 6.07) is 24.3. The molecule has 5 nitrogen and oxygen atoms in total. The van der Waals surface area contributed by atoms with Gasteiger partial charge in [-0.25, -0.2) is 0 Å². The minimum atomic E-state index is -4.27. The van der Waals surface area contributed by atoms with E-state index in [0.717, 1.165) is 14.5 Å². The molecule has 3 heterocycles. The lowest BCUT2D eigenvalue weighted by molar-refractivity contribution is -0.360. The van der Waals surface area contributed by atoms with Crippen LogP contribution in [0.25, 0.3) is 16.8 Å². The van der Waals surface area contributed by atoms with Gasteiger partial charge in [-0.1, -0.05) is 12.1 Å². The van der Waals surface area contributed by atoms with E-state index in [4.69, 9.17) is 9.47 Å². The number of halogens is 2. The molecule has 0 radical (unpaired) electrons. The molecule has 0 atom stereocenters. The molecule has 1 N–H and O–H groups in total. The molecule has 3 aromatic carbocycles. The Hall–Kier alpha value is -4.59. The van der Waals surface area contributed by atoms with Crippen molar-refractivity contribution in [1.29, 1.82) is 0 Å². The van der Waals surface area contributed by atoms with E-state index in [-0.39, 0.29) is 5.75 Å². The molecule has 8 heteroatoms. The number of methoxy groups -OCH3 is 2. The van der Waals surface area contributed by atoms with Gasteiger partial charge in [-0.05, 0) is 83.9 Å². The van der Waals surface area contributed by atoms with Crippen LogP contribution in [0.5, 0.6) is 17.2 Å². The van der Waals surface area contributed by atoms with E-state index in [0.29, 0.717) is 51.0 Å². The Bertz CT molecular complexity index is 1600. The number of benzene rings is 3. The van der Waals surface area contributed by atoms with E-state index in [2.05, 4.69) is 0 Å². The number of nitrogens with zero attached hydrogens (tertiary/aromatic N) is 2. The molecule has 4 aromatic rings. The predicted octanol–water partition coefficient (Wildman–Crippen LogP) is 5.95. The van der Waals surface area contributed by atoms with Gasteiger partial charge in [-0.3, -0.25) is 0 Å². The van der Waals surface area contributed by atoms with Crippen molar-refractivity contribution in [2.45, 2.75) is 0 Å². The van der Waals surface area contributed by atoms with Gasteiger partial charge in [0.25, 0.3) is 0 Å². The molecule has 2 aliphatic heterocycles. The maximum absolute atomic E-state index is 16.7. The molecular weight excluding hydrogens is 473 g/mol. The SMILES string of the molecule is COc1ccc(C2=[N+]3C(=C(c4ccc(O)cc4)c4ccc(-c5ccc(OC)cc5)n4[B-]3(F)F)C=C2)cc1. The number of aromatic nitrogens is 1. The number of phenolic OH excluding ortho intramolecular Hbond substituents is 1. The molecule has 0 saturated heterocycles. The highest BCUT2D eigenvalue weighted by Gasteiger charge is 2.54. The number of allylic oxidation sites excluding steroid dienone is 2. The average Bonchev–Trinajstić information content (AvgIpc) is 3.57. The maximum atomic E-state index is 16.7. The van der Waals surface area contributed by atoms with Crippen molar-refractivity contribution < 1.29 is 27.7 Å². The van der Waals surface area contributed by atoms with Gasteiger partial charge in [-0.2, -0.15) is 0 Å².